The number of benzene rings is 2. The second kappa shape index (κ2) is 9.00. The van der Waals surface area contributed by atoms with Gasteiger partial charge in [0.05, 0.1) is 18.6 Å². The standard InChI is InChI=1S/C21H18BrNO6/c1-28-20(26)14-4-8-17(9-5-14)23-11-15(10-19(23)25)21(27)29-12-18(24)13-2-6-16(22)7-3-13/h2-9,15H,10-12H2,1H3. The molecule has 1 aliphatic rings. The Bertz CT molecular complexity index is 939. The number of hydrogen-bond acceptors (Lipinski definition) is 6. The monoisotopic (exact) mass is 459 g/mol. The Morgan fingerprint density at radius 3 is 2.28 bits per heavy atom. The van der Waals surface area contributed by atoms with Gasteiger partial charge in [-0.25, -0.2) is 4.79 Å². The van der Waals surface area contributed by atoms with E-state index in [1.54, 1.807) is 48.5 Å². The number of ether oxygens (including phenoxy) is 2. The number of nitrogens with zero attached hydrogens (tertiary/aromatic N) is 1. The van der Waals surface area contributed by atoms with E-state index in [4.69, 9.17) is 4.74 Å². The molecule has 1 heterocycles. The minimum Gasteiger partial charge on any atom is -0.465 e. The summed E-state index contributed by atoms with van der Waals surface area (Å²) >= 11 is 3.29. The second-order valence-corrected chi connectivity index (χ2v) is 7.40. The summed E-state index contributed by atoms with van der Waals surface area (Å²) in [6.45, 7) is -0.222. The van der Waals surface area contributed by atoms with Crippen LogP contribution in [0, 0.1) is 5.92 Å². The molecule has 0 aliphatic carbocycles. The molecule has 0 N–H and O–H groups in total. The van der Waals surface area contributed by atoms with Gasteiger partial charge in [0.15, 0.2) is 12.4 Å². The second-order valence-electron chi connectivity index (χ2n) is 6.48. The van der Waals surface area contributed by atoms with Gasteiger partial charge in [0, 0.05) is 28.7 Å². The van der Waals surface area contributed by atoms with Crippen molar-refractivity contribution in [1.29, 1.82) is 0 Å². The van der Waals surface area contributed by atoms with Crippen LogP contribution in [0.15, 0.2) is 53.0 Å². The van der Waals surface area contributed by atoms with E-state index in [9.17, 15) is 19.2 Å². The molecule has 0 bridgehead atoms. The van der Waals surface area contributed by atoms with Gasteiger partial charge < -0.3 is 14.4 Å². The summed E-state index contributed by atoms with van der Waals surface area (Å²) in [6.07, 6.45) is 0.00403. The molecule has 1 amide bonds. The molecule has 1 saturated heterocycles. The van der Waals surface area contributed by atoms with E-state index in [0.717, 1.165) is 4.47 Å². The summed E-state index contributed by atoms with van der Waals surface area (Å²) in [5.74, 6) is -2.25. The van der Waals surface area contributed by atoms with Crippen molar-refractivity contribution >= 4 is 45.2 Å². The molecule has 3 rings (SSSR count). The van der Waals surface area contributed by atoms with Gasteiger partial charge in [-0.3, -0.25) is 14.4 Å². The lowest BCUT2D eigenvalue weighted by atomic mass is 10.1. The Balaban J connectivity index is 1.57. The lowest BCUT2D eigenvalue weighted by Crippen LogP contribution is -2.27. The normalized spacial score (nSPS) is 15.9. The molecule has 0 spiro atoms. The highest BCUT2D eigenvalue weighted by Crippen LogP contribution is 2.26. The first kappa shape index (κ1) is 20.7. The van der Waals surface area contributed by atoms with Crippen molar-refractivity contribution in [2.45, 2.75) is 6.42 Å². The highest BCUT2D eigenvalue weighted by Gasteiger charge is 2.36. The van der Waals surface area contributed by atoms with Crippen LogP contribution in [0.25, 0.3) is 0 Å². The maximum atomic E-state index is 12.3. The van der Waals surface area contributed by atoms with Gasteiger partial charge >= 0.3 is 11.9 Å². The van der Waals surface area contributed by atoms with Crippen LogP contribution in [0.2, 0.25) is 0 Å². The zero-order chi connectivity index (χ0) is 21.0. The van der Waals surface area contributed by atoms with Crippen LogP contribution in [-0.4, -0.2) is 43.9 Å². The lowest BCUT2D eigenvalue weighted by Gasteiger charge is -2.16. The van der Waals surface area contributed by atoms with Crippen molar-refractivity contribution in [3.63, 3.8) is 0 Å². The number of methoxy groups -OCH3 is 1. The summed E-state index contributed by atoms with van der Waals surface area (Å²) in [7, 11) is 1.29. The molecule has 8 heteroatoms. The number of anilines is 1. The van der Waals surface area contributed by atoms with Crippen LogP contribution < -0.4 is 4.90 Å². The van der Waals surface area contributed by atoms with Crippen LogP contribution in [-0.2, 0) is 19.1 Å². The maximum Gasteiger partial charge on any atom is 0.337 e. The van der Waals surface area contributed by atoms with E-state index >= 15 is 0 Å². The maximum absolute atomic E-state index is 12.3. The zero-order valence-electron chi connectivity index (χ0n) is 15.6. The molecule has 2 aromatic carbocycles. The quantitative estimate of drug-likeness (QED) is 0.487. The first-order chi connectivity index (χ1) is 13.9. The Labute approximate surface area is 175 Å². The SMILES string of the molecule is COC(=O)c1ccc(N2CC(C(=O)OCC(=O)c3ccc(Br)cc3)CC2=O)cc1. The predicted molar refractivity (Wildman–Crippen MR) is 108 cm³/mol. The minimum absolute atomic E-state index is 0.00403. The van der Waals surface area contributed by atoms with Crippen LogP contribution in [0.4, 0.5) is 5.69 Å². The molecule has 2 aromatic rings. The van der Waals surface area contributed by atoms with Crippen molar-refractivity contribution in [3.05, 3.63) is 64.1 Å². The van der Waals surface area contributed by atoms with Crippen LogP contribution in [0.5, 0.6) is 0 Å². The van der Waals surface area contributed by atoms with E-state index in [1.165, 1.54) is 12.0 Å². The van der Waals surface area contributed by atoms with Crippen LogP contribution in [0.1, 0.15) is 27.1 Å². The Morgan fingerprint density at radius 2 is 1.66 bits per heavy atom. The van der Waals surface area contributed by atoms with Gasteiger partial charge in [0.25, 0.3) is 0 Å². The van der Waals surface area contributed by atoms with Gasteiger partial charge in [0.1, 0.15) is 0 Å². The molecule has 0 saturated carbocycles. The zero-order valence-corrected chi connectivity index (χ0v) is 17.2. The molecule has 0 radical (unpaired) electrons. The van der Waals surface area contributed by atoms with Gasteiger partial charge in [-0.2, -0.15) is 0 Å². The van der Waals surface area contributed by atoms with E-state index in [0.29, 0.717) is 16.8 Å². The van der Waals surface area contributed by atoms with E-state index < -0.39 is 17.9 Å². The van der Waals surface area contributed by atoms with Crippen molar-refractivity contribution in [3.8, 4) is 0 Å². The van der Waals surface area contributed by atoms with Crippen molar-refractivity contribution in [2.24, 2.45) is 5.92 Å². The number of amides is 1. The summed E-state index contributed by atoms with van der Waals surface area (Å²) in [6, 6.07) is 13.1. The number of carbonyl (C=O) groups is 4. The van der Waals surface area contributed by atoms with E-state index in [2.05, 4.69) is 20.7 Å². The summed E-state index contributed by atoms with van der Waals surface area (Å²) in [5, 5.41) is 0. The number of ketones is 1. The minimum atomic E-state index is -0.652. The third-order valence-electron chi connectivity index (χ3n) is 4.57. The lowest BCUT2D eigenvalue weighted by molar-refractivity contribution is -0.147. The number of esters is 2. The number of halogens is 1. The molecule has 1 atom stereocenters. The van der Waals surface area contributed by atoms with Crippen molar-refractivity contribution < 1.29 is 28.7 Å². The Morgan fingerprint density at radius 1 is 1.03 bits per heavy atom. The van der Waals surface area contributed by atoms with Gasteiger partial charge in [-0.1, -0.05) is 28.1 Å². The summed E-state index contributed by atoms with van der Waals surface area (Å²) in [5.41, 5.74) is 1.38. The van der Waals surface area contributed by atoms with Crippen LogP contribution >= 0.6 is 15.9 Å². The Kier molecular flexibility index (Phi) is 6.43. The number of rotatable bonds is 6. The van der Waals surface area contributed by atoms with E-state index in [1.807, 2.05) is 0 Å². The van der Waals surface area contributed by atoms with Crippen LogP contribution in [0.3, 0.4) is 0 Å². The third kappa shape index (κ3) is 4.89. The highest BCUT2D eigenvalue weighted by atomic mass is 79.9. The summed E-state index contributed by atoms with van der Waals surface area (Å²) in [4.78, 5) is 49.7. The largest absolute Gasteiger partial charge is 0.465 e. The molecule has 1 fully saturated rings. The molecular weight excluding hydrogens is 442 g/mol. The predicted octanol–water partition coefficient (Wildman–Crippen LogP) is 3.01. The van der Waals surface area contributed by atoms with Gasteiger partial charge in [-0.15, -0.1) is 0 Å². The number of hydrogen-bond donors (Lipinski definition) is 0. The molecule has 0 aromatic heterocycles. The summed E-state index contributed by atoms with van der Waals surface area (Å²) < 4.78 is 10.6. The smallest absolute Gasteiger partial charge is 0.337 e. The van der Waals surface area contributed by atoms with Crippen molar-refractivity contribution in [2.75, 3.05) is 25.2 Å². The number of Topliss-reactive ketones (excluding diaryl/α,β-unsaturated/α-hetero) is 1. The first-order valence-electron chi connectivity index (χ1n) is 8.83. The molecular formula is C21H18BrNO6. The average molecular weight is 460 g/mol. The fraction of sp³-hybridized carbons (Fsp3) is 0.238. The Hall–Kier alpha value is -3.00. The number of carbonyl (C=O) groups excluding carboxylic acids is 4. The fourth-order valence-electron chi connectivity index (χ4n) is 2.98. The van der Waals surface area contributed by atoms with Gasteiger partial charge in [0.2, 0.25) is 5.91 Å². The van der Waals surface area contributed by atoms with Crippen molar-refractivity contribution in [1.82, 2.24) is 0 Å². The first-order valence-corrected chi connectivity index (χ1v) is 9.62. The fourth-order valence-corrected chi connectivity index (χ4v) is 3.25. The van der Waals surface area contributed by atoms with Gasteiger partial charge in [-0.05, 0) is 36.4 Å². The topological polar surface area (TPSA) is 90.0 Å². The highest BCUT2D eigenvalue weighted by molar-refractivity contribution is 9.10. The molecule has 7 nitrogen and oxygen atoms in total. The third-order valence-corrected chi connectivity index (χ3v) is 5.10. The molecule has 1 unspecified atom stereocenters. The van der Waals surface area contributed by atoms with E-state index in [-0.39, 0.29) is 31.3 Å². The molecule has 29 heavy (non-hydrogen) atoms. The average Bonchev–Trinajstić information content (AvgIpc) is 3.13. The molecule has 1 aliphatic heterocycles. The molecule has 150 valence electrons.